The van der Waals surface area contributed by atoms with Crippen molar-refractivity contribution in [1.82, 2.24) is 0 Å². The first-order valence-electron chi connectivity index (χ1n) is 6.98. The van der Waals surface area contributed by atoms with Crippen LogP contribution in [0.1, 0.15) is 60.8 Å². The zero-order valence-corrected chi connectivity index (χ0v) is 14.3. The molecular formula is C14H28O5P+. The first-order chi connectivity index (χ1) is 8.99. The maximum absolute atomic E-state index is 12.5. The molecule has 0 saturated heterocycles. The van der Waals surface area contributed by atoms with Gasteiger partial charge in [0.05, 0.1) is 11.3 Å². The zero-order valence-electron chi connectivity index (χ0n) is 13.4. The van der Waals surface area contributed by atoms with Gasteiger partial charge in [0.15, 0.2) is 0 Å². The molecule has 2 atom stereocenters. The van der Waals surface area contributed by atoms with E-state index < -0.39 is 8.25 Å². The summed E-state index contributed by atoms with van der Waals surface area (Å²) in [6, 6.07) is 0. The van der Waals surface area contributed by atoms with Gasteiger partial charge in [-0.25, -0.2) is 0 Å². The standard InChI is InChI=1S/C14H27O5P/c1-11(2)14(6,10-13(3,4)5)12(15)8-7-9-18-19-20(16)17/h11H,7-10H2,1-6H3/p+1. The molecule has 118 valence electrons. The molecule has 2 unspecified atom stereocenters. The molecule has 6 heteroatoms. The minimum Gasteiger partial charge on any atom is -0.299 e. The number of rotatable bonds is 9. The third-order valence-electron chi connectivity index (χ3n) is 3.56. The lowest BCUT2D eigenvalue weighted by molar-refractivity contribution is -0.208. The molecule has 0 rings (SSSR count). The Hall–Kier alpha value is -0.350. The molecule has 0 bridgehead atoms. The quantitative estimate of drug-likeness (QED) is 0.301. The summed E-state index contributed by atoms with van der Waals surface area (Å²) >= 11 is 0. The van der Waals surface area contributed by atoms with Crippen molar-refractivity contribution in [3.8, 4) is 0 Å². The predicted molar refractivity (Wildman–Crippen MR) is 78.1 cm³/mol. The summed E-state index contributed by atoms with van der Waals surface area (Å²) in [6.45, 7) is 12.7. The molecule has 0 spiro atoms. The molecule has 0 aliphatic heterocycles. The summed E-state index contributed by atoms with van der Waals surface area (Å²) < 4.78 is 14.3. The SMILES string of the molecule is CC(C)C(C)(CC(C)(C)C)C(=O)CCCOO[P+](=O)O. The van der Waals surface area contributed by atoms with Gasteiger partial charge >= 0.3 is 8.25 Å². The average molecular weight is 307 g/mol. The number of carbonyl (C=O) groups is 1. The van der Waals surface area contributed by atoms with E-state index in [1.165, 1.54) is 0 Å². The van der Waals surface area contributed by atoms with Crippen LogP contribution in [0.25, 0.3) is 0 Å². The van der Waals surface area contributed by atoms with Gasteiger partial charge in [-0.15, -0.1) is 4.89 Å². The third-order valence-corrected chi connectivity index (χ3v) is 3.79. The maximum Gasteiger partial charge on any atom is 0.725 e. The van der Waals surface area contributed by atoms with Crippen LogP contribution in [0.4, 0.5) is 0 Å². The highest BCUT2D eigenvalue weighted by atomic mass is 31.1. The normalized spacial score (nSPS) is 16.1. The van der Waals surface area contributed by atoms with E-state index in [1.807, 2.05) is 6.92 Å². The molecule has 0 aromatic carbocycles. The molecule has 0 heterocycles. The number of hydrogen-bond donors (Lipinski definition) is 1. The van der Waals surface area contributed by atoms with Crippen molar-refractivity contribution < 1.29 is 23.8 Å². The van der Waals surface area contributed by atoms with Crippen LogP contribution >= 0.6 is 8.25 Å². The predicted octanol–water partition coefficient (Wildman–Crippen LogP) is 4.03. The van der Waals surface area contributed by atoms with E-state index in [4.69, 9.17) is 4.89 Å². The minimum absolute atomic E-state index is 0.0869. The Morgan fingerprint density at radius 3 is 2.20 bits per heavy atom. The molecule has 0 saturated carbocycles. The first-order valence-corrected chi connectivity index (χ1v) is 8.11. The van der Waals surface area contributed by atoms with E-state index in [0.717, 1.165) is 6.42 Å². The van der Waals surface area contributed by atoms with Gasteiger partial charge in [-0.1, -0.05) is 41.5 Å². The smallest absolute Gasteiger partial charge is 0.299 e. The Morgan fingerprint density at radius 1 is 1.25 bits per heavy atom. The van der Waals surface area contributed by atoms with Crippen LogP contribution in [-0.4, -0.2) is 17.3 Å². The van der Waals surface area contributed by atoms with Crippen LogP contribution in [0.2, 0.25) is 0 Å². The highest BCUT2D eigenvalue weighted by Crippen LogP contribution is 2.41. The van der Waals surface area contributed by atoms with Crippen LogP contribution < -0.4 is 0 Å². The summed E-state index contributed by atoms with van der Waals surface area (Å²) in [7, 11) is -2.74. The second-order valence-electron chi connectivity index (χ2n) is 6.97. The second kappa shape index (κ2) is 8.18. The monoisotopic (exact) mass is 307 g/mol. The summed E-state index contributed by atoms with van der Waals surface area (Å²) in [5, 5.41) is 0. The van der Waals surface area contributed by atoms with Gasteiger partial charge in [-0.05, 0) is 24.2 Å². The number of carbonyl (C=O) groups excluding carboxylic acids is 1. The zero-order chi connectivity index (χ0) is 16.0. The minimum atomic E-state index is -2.74. The van der Waals surface area contributed by atoms with E-state index >= 15 is 0 Å². The van der Waals surface area contributed by atoms with Crippen LogP contribution in [0.15, 0.2) is 0 Å². The molecule has 5 nitrogen and oxygen atoms in total. The van der Waals surface area contributed by atoms with E-state index in [2.05, 4.69) is 44.2 Å². The van der Waals surface area contributed by atoms with Gasteiger partial charge in [0.2, 0.25) is 0 Å². The van der Waals surface area contributed by atoms with Crippen LogP contribution in [0, 0.1) is 16.7 Å². The number of ketones is 1. The van der Waals surface area contributed by atoms with Crippen molar-refractivity contribution in [1.29, 1.82) is 0 Å². The van der Waals surface area contributed by atoms with Crippen molar-refractivity contribution in [2.24, 2.45) is 16.7 Å². The number of hydrogen-bond acceptors (Lipinski definition) is 4. The molecule has 0 amide bonds. The molecular weight excluding hydrogens is 279 g/mol. The Labute approximate surface area is 122 Å². The third kappa shape index (κ3) is 7.44. The summed E-state index contributed by atoms with van der Waals surface area (Å²) in [6.07, 6.45) is 1.70. The molecule has 1 N–H and O–H groups in total. The lowest BCUT2D eigenvalue weighted by Gasteiger charge is -2.38. The van der Waals surface area contributed by atoms with Gasteiger partial charge in [0, 0.05) is 16.4 Å². The Bertz CT molecular complexity index is 335. The molecule has 0 aromatic rings. The number of Topliss-reactive ketones (excluding diaryl/α,β-unsaturated/α-hetero) is 1. The molecule has 0 aromatic heterocycles. The highest BCUT2D eigenvalue weighted by molar-refractivity contribution is 7.31. The van der Waals surface area contributed by atoms with Crippen LogP contribution in [0.3, 0.4) is 0 Å². The van der Waals surface area contributed by atoms with Gasteiger partial charge < -0.3 is 0 Å². The van der Waals surface area contributed by atoms with Gasteiger partial charge in [-0.2, -0.15) is 4.89 Å². The first kappa shape index (κ1) is 19.7. The Kier molecular flexibility index (Phi) is 8.04. The van der Waals surface area contributed by atoms with Crippen molar-refractivity contribution in [3.05, 3.63) is 0 Å². The molecule has 20 heavy (non-hydrogen) atoms. The topological polar surface area (TPSA) is 72.8 Å². The van der Waals surface area contributed by atoms with Crippen LogP contribution in [0.5, 0.6) is 0 Å². The lowest BCUT2D eigenvalue weighted by Crippen LogP contribution is -2.37. The Morgan fingerprint density at radius 2 is 1.80 bits per heavy atom. The lowest BCUT2D eigenvalue weighted by atomic mass is 9.65. The molecule has 0 aliphatic rings. The average Bonchev–Trinajstić information content (AvgIpc) is 2.25. The molecule has 0 radical (unpaired) electrons. The van der Waals surface area contributed by atoms with Gasteiger partial charge in [0.25, 0.3) is 0 Å². The van der Waals surface area contributed by atoms with Gasteiger partial charge in [0.1, 0.15) is 5.78 Å². The summed E-state index contributed by atoms with van der Waals surface area (Å²) in [4.78, 5) is 25.4. The van der Waals surface area contributed by atoms with E-state index in [0.29, 0.717) is 12.8 Å². The fourth-order valence-electron chi connectivity index (χ4n) is 2.39. The fraction of sp³-hybridized carbons (Fsp3) is 0.929. The van der Waals surface area contributed by atoms with Crippen molar-refractivity contribution in [2.45, 2.75) is 60.8 Å². The van der Waals surface area contributed by atoms with E-state index in [9.17, 15) is 9.36 Å². The molecule has 0 fully saturated rings. The van der Waals surface area contributed by atoms with Crippen molar-refractivity contribution in [2.75, 3.05) is 6.61 Å². The fourth-order valence-corrected chi connectivity index (χ4v) is 2.55. The largest absolute Gasteiger partial charge is 0.725 e. The Balaban J connectivity index is 4.41. The van der Waals surface area contributed by atoms with Crippen molar-refractivity contribution >= 4 is 14.0 Å². The van der Waals surface area contributed by atoms with Crippen molar-refractivity contribution in [3.63, 3.8) is 0 Å². The maximum atomic E-state index is 12.5. The molecule has 0 aliphatic carbocycles. The highest BCUT2D eigenvalue weighted by Gasteiger charge is 2.38. The summed E-state index contributed by atoms with van der Waals surface area (Å²) in [5.41, 5.74) is -0.273. The van der Waals surface area contributed by atoms with E-state index in [-0.39, 0.29) is 29.1 Å². The summed E-state index contributed by atoms with van der Waals surface area (Å²) in [5.74, 6) is 0.470. The van der Waals surface area contributed by atoms with Crippen LogP contribution in [-0.2, 0) is 18.9 Å². The second-order valence-corrected chi connectivity index (χ2v) is 7.60. The van der Waals surface area contributed by atoms with Gasteiger partial charge in [-0.3, -0.25) is 4.79 Å². The van der Waals surface area contributed by atoms with E-state index in [1.54, 1.807) is 0 Å².